The molecule has 1 aromatic heterocycles. The van der Waals surface area contributed by atoms with Crippen molar-refractivity contribution >= 4 is 23.2 Å². The second-order valence-electron chi connectivity index (χ2n) is 6.92. The summed E-state index contributed by atoms with van der Waals surface area (Å²) in [6, 6.07) is 11.7. The van der Waals surface area contributed by atoms with Gasteiger partial charge in [0.05, 0.1) is 7.11 Å². The third-order valence-electron chi connectivity index (χ3n) is 5.04. The SMILES string of the molecule is COc1cccc(CNC(=O)C(=O)NCCN2CCC(c3cccs3)CC2)c1. The molecule has 0 unspecified atom stereocenters. The molecule has 2 N–H and O–H groups in total. The van der Waals surface area contributed by atoms with Crippen LogP contribution in [0.15, 0.2) is 41.8 Å². The molecular weight excluding hydrogens is 374 g/mol. The molecule has 1 fully saturated rings. The van der Waals surface area contributed by atoms with E-state index < -0.39 is 11.8 Å². The molecule has 0 radical (unpaired) electrons. The van der Waals surface area contributed by atoms with Crippen molar-refractivity contribution < 1.29 is 14.3 Å². The van der Waals surface area contributed by atoms with Gasteiger partial charge in [-0.15, -0.1) is 11.3 Å². The lowest BCUT2D eigenvalue weighted by molar-refractivity contribution is -0.139. The molecule has 1 aliphatic rings. The molecule has 28 heavy (non-hydrogen) atoms. The lowest BCUT2D eigenvalue weighted by Crippen LogP contribution is -2.44. The number of piperidine rings is 1. The second kappa shape index (κ2) is 10.2. The standard InChI is InChI=1S/C21H27N3O3S/c1-27-18-5-2-4-16(14-18)15-23-21(26)20(25)22-9-12-24-10-7-17(8-11-24)19-6-3-13-28-19/h2-6,13-14,17H,7-12,15H2,1H3,(H,22,25)(H,23,26). The van der Waals surface area contributed by atoms with Crippen LogP contribution in [0.2, 0.25) is 0 Å². The molecule has 7 heteroatoms. The Kier molecular flexibility index (Phi) is 7.45. The van der Waals surface area contributed by atoms with Crippen molar-refractivity contribution in [1.82, 2.24) is 15.5 Å². The average Bonchev–Trinajstić information content (AvgIpc) is 3.27. The Morgan fingerprint density at radius 2 is 1.93 bits per heavy atom. The first-order valence-corrected chi connectivity index (χ1v) is 10.5. The van der Waals surface area contributed by atoms with Gasteiger partial charge in [-0.05, 0) is 61.0 Å². The summed E-state index contributed by atoms with van der Waals surface area (Å²) in [5.74, 6) is 0.183. The molecule has 2 amide bonds. The van der Waals surface area contributed by atoms with Crippen molar-refractivity contribution in [2.45, 2.75) is 25.3 Å². The normalized spacial score (nSPS) is 15.2. The highest BCUT2D eigenvalue weighted by Crippen LogP contribution is 2.30. The van der Waals surface area contributed by atoms with Crippen LogP contribution in [0.1, 0.15) is 29.2 Å². The van der Waals surface area contributed by atoms with Crippen molar-refractivity contribution in [3.05, 3.63) is 52.2 Å². The Morgan fingerprint density at radius 3 is 2.64 bits per heavy atom. The first-order chi connectivity index (χ1) is 13.7. The predicted octanol–water partition coefficient (Wildman–Crippen LogP) is 2.37. The van der Waals surface area contributed by atoms with Crippen molar-refractivity contribution in [1.29, 1.82) is 0 Å². The van der Waals surface area contributed by atoms with Gasteiger partial charge >= 0.3 is 11.8 Å². The number of methoxy groups -OCH3 is 1. The van der Waals surface area contributed by atoms with Crippen LogP contribution in [0, 0.1) is 0 Å². The zero-order valence-corrected chi connectivity index (χ0v) is 17.0. The minimum absolute atomic E-state index is 0.291. The molecule has 0 aliphatic carbocycles. The number of carbonyl (C=O) groups excluding carboxylic acids is 2. The Balaban J connectivity index is 1.32. The summed E-state index contributed by atoms with van der Waals surface area (Å²) in [4.78, 5) is 27.8. The van der Waals surface area contributed by atoms with E-state index in [-0.39, 0.29) is 0 Å². The summed E-state index contributed by atoms with van der Waals surface area (Å²) in [5.41, 5.74) is 0.883. The summed E-state index contributed by atoms with van der Waals surface area (Å²) < 4.78 is 5.15. The van der Waals surface area contributed by atoms with Crippen LogP contribution in [-0.4, -0.2) is 50.0 Å². The largest absolute Gasteiger partial charge is 0.497 e. The number of nitrogens with zero attached hydrogens (tertiary/aromatic N) is 1. The van der Waals surface area contributed by atoms with Gasteiger partial charge in [-0.2, -0.15) is 0 Å². The van der Waals surface area contributed by atoms with Gasteiger partial charge in [0.25, 0.3) is 0 Å². The molecule has 1 aromatic carbocycles. The van der Waals surface area contributed by atoms with E-state index in [2.05, 4.69) is 33.0 Å². The Labute approximate surface area is 169 Å². The molecule has 0 spiro atoms. The number of amides is 2. The fraction of sp³-hybridized carbons (Fsp3) is 0.429. The zero-order valence-electron chi connectivity index (χ0n) is 16.1. The van der Waals surface area contributed by atoms with Crippen LogP contribution in [0.3, 0.4) is 0 Å². The highest BCUT2D eigenvalue weighted by Gasteiger charge is 2.21. The molecule has 1 saturated heterocycles. The van der Waals surface area contributed by atoms with Crippen molar-refractivity contribution in [2.24, 2.45) is 0 Å². The third-order valence-corrected chi connectivity index (χ3v) is 6.07. The molecular formula is C21H27N3O3S. The number of likely N-dealkylation sites (tertiary alicyclic amines) is 1. The van der Waals surface area contributed by atoms with Gasteiger partial charge in [-0.25, -0.2) is 0 Å². The van der Waals surface area contributed by atoms with E-state index in [0.29, 0.717) is 19.0 Å². The van der Waals surface area contributed by atoms with Crippen molar-refractivity contribution in [2.75, 3.05) is 33.3 Å². The van der Waals surface area contributed by atoms with Gasteiger partial charge < -0.3 is 20.3 Å². The summed E-state index contributed by atoms with van der Waals surface area (Å²) in [5, 5.41) is 7.49. The molecule has 6 nitrogen and oxygen atoms in total. The third kappa shape index (κ3) is 5.81. The summed E-state index contributed by atoms with van der Waals surface area (Å²) >= 11 is 1.83. The van der Waals surface area contributed by atoms with Gasteiger partial charge in [0.1, 0.15) is 5.75 Å². The zero-order chi connectivity index (χ0) is 19.8. The topological polar surface area (TPSA) is 70.7 Å². The average molecular weight is 402 g/mol. The number of carbonyl (C=O) groups is 2. The number of hydrogen-bond acceptors (Lipinski definition) is 5. The van der Waals surface area contributed by atoms with E-state index in [9.17, 15) is 9.59 Å². The van der Waals surface area contributed by atoms with E-state index in [0.717, 1.165) is 43.8 Å². The molecule has 150 valence electrons. The number of rotatable bonds is 7. The van der Waals surface area contributed by atoms with E-state index >= 15 is 0 Å². The first kappa shape index (κ1) is 20.4. The van der Waals surface area contributed by atoms with Crippen molar-refractivity contribution in [3.8, 4) is 5.75 Å². The fourth-order valence-electron chi connectivity index (χ4n) is 3.42. The summed E-state index contributed by atoms with van der Waals surface area (Å²) in [7, 11) is 1.59. The lowest BCUT2D eigenvalue weighted by atomic mass is 9.95. The van der Waals surface area contributed by atoms with Gasteiger partial charge in [-0.3, -0.25) is 9.59 Å². The van der Waals surface area contributed by atoms with Crippen molar-refractivity contribution in [3.63, 3.8) is 0 Å². The molecule has 1 aliphatic heterocycles. The number of hydrogen-bond donors (Lipinski definition) is 2. The van der Waals surface area contributed by atoms with Gasteiger partial charge in [-0.1, -0.05) is 18.2 Å². The van der Waals surface area contributed by atoms with E-state index in [1.807, 2.05) is 35.6 Å². The highest BCUT2D eigenvalue weighted by atomic mass is 32.1. The minimum atomic E-state index is -0.612. The maximum Gasteiger partial charge on any atom is 0.309 e. The molecule has 0 atom stereocenters. The number of ether oxygens (including phenoxy) is 1. The number of benzene rings is 1. The monoisotopic (exact) mass is 401 g/mol. The van der Waals surface area contributed by atoms with Gasteiger partial charge in [0.2, 0.25) is 0 Å². The van der Waals surface area contributed by atoms with Crippen LogP contribution >= 0.6 is 11.3 Å². The number of thiophene rings is 1. The quantitative estimate of drug-likeness (QED) is 0.699. The molecule has 3 rings (SSSR count). The predicted molar refractivity (Wildman–Crippen MR) is 111 cm³/mol. The second-order valence-corrected chi connectivity index (χ2v) is 7.90. The summed E-state index contributed by atoms with van der Waals surface area (Å²) in [6.45, 7) is 3.60. The van der Waals surface area contributed by atoms with Crippen LogP contribution < -0.4 is 15.4 Å². The Bertz CT molecular complexity index is 771. The molecule has 0 saturated carbocycles. The van der Waals surface area contributed by atoms with Crippen LogP contribution in [0.4, 0.5) is 0 Å². The molecule has 2 heterocycles. The lowest BCUT2D eigenvalue weighted by Gasteiger charge is -2.31. The van der Waals surface area contributed by atoms with E-state index in [4.69, 9.17) is 4.74 Å². The maximum absolute atomic E-state index is 12.0. The molecule has 0 bridgehead atoms. The highest BCUT2D eigenvalue weighted by molar-refractivity contribution is 7.10. The minimum Gasteiger partial charge on any atom is -0.497 e. The molecule has 2 aromatic rings. The van der Waals surface area contributed by atoms with Crippen LogP contribution in [0.25, 0.3) is 0 Å². The van der Waals surface area contributed by atoms with Gasteiger partial charge in [0.15, 0.2) is 0 Å². The number of nitrogens with one attached hydrogen (secondary N) is 2. The van der Waals surface area contributed by atoms with Crippen LogP contribution in [0.5, 0.6) is 5.75 Å². The smallest absolute Gasteiger partial charge is 0.309 e. The van der Waals surface area contributed by atoms with E-state index in [1.54, 1.807) is 7.11 Å². The Morgan fingerprint density at radius 1 is 1.14 bits per heavy atom. The summed E-state index contributed by atoms with van der Waals surface area (Å²) in [6.07, 6.45) is 2.30. The first-order valence-electron chi connectivity index (χ1n) is 9.60. The Hall–Kier alpha value is -2.38. The van der Waals surface area contributed by atoms with Crippen LogP contribution in [-0.2, 0) is 16.1 Å². The fourth-order valence-corrected chi connectivity index (χ4v) is 4.32. The van der Waals surface area contributed by atoms with Gasteiger partial charge in [0, 0.05) is 24.5 Å². The van der Waals surface area contributed by atoms with E-state index in [1.165, 1.54) is 4.88 Å². The maximum atomic E-state index is 12.0.